The van der Waals surface area contributed by atoms with E-state index in [1.54, 1.807) is 32.0 Å². The summed E-state index contributed by atoms with van der Waals surface area (Å²) in [5.41, 5.74) is 1.27. The van der Waals surface area contributed by atoms with Gasteiger partial charge < -0.3 is 13.9 Å². The molecule has 192 valence electrons. The molecule has 4 aromatic rings. The van der Waals surface area contributed by atoms with Crippen molar-refractivity contribution in [1.82, 2.24) is 0 Å². The van der Waals surface area contributed by atoms with Gasteiger partial charge in [0.05, 0.1) is 24.3 Å². The van der Waals surface area contributed by atoms with Gasteiger partial charge in [-0.3, -0.25) is 4.79 Å². The van der Waals surface area contributed by atoms with E-state index in [4.69, 9.17) is 13.9 Å². The van der Waals surface area contributed by atoms with E-state index in [1.807, 2.05) is 18.2 Å². The number of carbonyl (C=O) groups is 2. The van der Waals surface area contributed by atoms with Crippen molar-refractivity contribution in [1.29, 1.82) is 0 Å². The van der Waals surface area contributed by atoms with Gasteiger partial charge in [-0.2, -0.15) is 0 Å². The third kappa shape index (κ3) is 5.08. The quantitative estimate of drug-likeness (QED) is 0.256. The minimum Gasteiger partial charge on any atom is -0.497 e. The van der Waals surface area contributed by atoms with Crippen molar-refractivity contribution in [2.75, 3.05) is 18.0 Å². The molecule has 1 aromatic heterocycles. The highest BCUT2D eigenvalue weighted by Gasteiger charge is 2.32. The SMILES string of the molecule is CCCC(=O)N(c1ccc2oc(-c3ccccc3)c(C(=O)OCC)c2c1)S(=O)(=O)c1ccc(OC)cc1. The molecule has 0 radical (unpaired) electrons. The largest absolute Gasteiger partial charge is 0.497 e. The number of esters is 1. The van der Waals surface area contributed by atoms with Gasteiger partial charge in [-0.1, -0.05) is 37.3 Å². The summed E-state index contributed by atoms with van der Waals surface area (Å²) < 4.78 is 44.6. The molecule has 3 aromatic carbocycles. The van der Waals surface area contributed by atoms with Crippen LogP contribution in [0.2, 0.25) is 0 Å². The van der Waals surface area contributed by atoms with E-state index in [1.165, 1.54) is 43.5 Å². The summed E-state index contributed by atoms with van der Waals surface area (Å²) in [6, 6.07) is 19.4. The summed E-state index contributed by atoms with van der Waals surface area (Å²) in [6.07, 6.45) is 0.465. The summed E-state index contributed by atoms with van der Waals surface area (Å²) in [5.74, 6) is -0.419. The van der Waals surface area contributed by atoms with Crippen LogP contribution in [0.1, 0.15) is 37.0 Å². The standard InChI is InChI=1S/C28H27NO7S/c1-4-9-25(30)29(37(32,33)22-15-13-21(34-3)14-16-22)20-12-17-24-23(18-20)26(28(31)35-5-2)27(36-24)19-10-7-6-8-11-19/h6-8,10-18H,4-5,9H2,1-3H3. The number of benzene rings is 3. The van der Waals surface area contributed by atoms with E-state index in [-0.39, 0.29) is 29.2 Å². The first kappa shape index (κ1) is 26.0. The van der Waals surface area contributed by atoms with E-state index in [0.717, 1.165) is 4.31 Å². The first-order chi connectivity index (χ1) is 17.8. The number of ether oxygens (including phenoxy) is 2. The molecule has 0 bridgehead atoms. The van der Waals surface area contributed by atoms with Crippen LogP contribution >= 0.6 is 0 Å². The Bertz CT molecular complexity index is 1520. The molecule has 0 aliphatic heterocycles. The number of hydrogen-bond acceptors (Lipinski definition) is 7. The number of nitrogens with zero attached hydrogens (tertiary/aromatic N) is 1. The van der Waals surface area contributed by atoms with Crippen LogP contribution in [0.4, 0.5) is 5.69 Å². The Morgan fingerprint density at radius 2 is 1.65 bits per heavy atom. The summed E-state index contributed by atoms with van der Waals surface area (Å²) >= 11 is 0. The molecule has 0 aliphatic rings. The van der Waals surface area contributed by atoms with Crippen molar-refractivity contribution in [3.8, 4) is 17.1 Å². The van der Waals surface area contributed by atoms with Gasteiger partial charge in [0.2, 0.25) is 5.91 Å². The fourth-order valence-electron chi connectivity index (χ4n) is 4.00. The molecule has 0 fully saturated rings. The van der Waals surface area contributed by atoms with Gasteiger partial charge in [-0.05, 0) is 55.8 Å². The molecule has 0 N–H and O–H groups in total. The van der Waals surface area contributed by atoms with Crippen molar-refractivity contribution in [2.45, 2.75) is 31.6 Å². The van der Waals surface area contributed by atoms with Crippen LogP contribution in [0.15, 0.2) is 82.1 Å². The lowest BCUT2D eigenvalue weighted by Crippen LogP contribution is -2.36. The number of fused-ring (bicyclic) bond motifs is 1. The molecular formula is C28H27NO7S. The van der Waals surface area contributed by atoms with Gasteiger partial charge in [0.15, 0.2) is 0 Å². The number of methoxy groups -OCH3 is 1. The Labute approximate surface area is 215 Å². The fourth-order valence-corrected chi connectivity index (χ4v) is 5.44. The average Bonchev–Trinajstić information content (AvgIpc) is 3.28. The van der Waals surface area contributed by atoms with Crippen LogP contribution in [0.5, 0.6) is 5.75 Å². The molecule has 4 rings (SSSR count). The Morgan fingerprint density at radius 3 is 2.27 bits per heavy atom. The highest BCUT2D eigenvalue weighted by atomic mass is 32.2. The number of hydrogen-bond donors (Lipinski definition) is 0. The fraction of sp³-hybridized carbons (Fsp3) is 0.214. The van der Waals surface area contributed by atoms with Crippen LogP contribution in [0, 0.1) is 0 Å². The summed E-state index contributed by atoms with van der Waals surface area (Å²) in [4.78, 5) is 26.1. The molecular weight excluding hydrogens is 494 g/mol. The van der Waals surface area contributed by atoms with E-state index in [2.05, 4.69) is 0 Å². The molecule has 0 spiro atoms. The average molecular weight is 522 g/mol. The van der Waals surface area contributed by atoms with E-state index >= 15 is 0 Å². The van der Waals surface area contributed by atoms with Crippen LogP contribution in [-0.2, 0) is 19.6 Å². The van der Waals surface area contributed by atoms with Crippen molar-refractivity contribution >= 4 is 38.6 Å². The zero-order valence-electron chi connectivity index (χ0n) is 20.8. The number of amides is 1. The third-order valence-electron chi connectivity index (χ3n) is 5.71. The highest BCUT2D eigenvalue weighted by Crippen LogP contribution is 2.37. The molecule has 9 heteroatoms. The molecule has 0 unspecified atom stereocenters. The van der Waals surface area contributed by atoms with E-state index in [0.29, 0.717) is 34.5 Å². The lowest BCUT2D eigenvalue weighted by atomic mass is 10.1. The normalized spacial score (nSPS) is 11.3. The summed E-state index contributed by atoms with van der Waals surface area (Å²) in [5, 5.41) is 0.342. The second kappa shape index (κ2) is 10.9. The van der Waals surface area contributed by atoms with Crippen LogP contribution < -0.4 is 9.04 Å². The molecule has 0 aliphatic carbocycles. The highest BCUT2D eigenvalue weighted by molar-refractivity contribution is 7.93. The topological polar surface area (TPSA) is 103 Å². The molecule has 1 amide bonds. The van der Waals surface area contributed by atoms with Gasteiger partial charge >= 0.3 is 5.97 Å². The van der Waals surface area contributed by atoms with E-state index < -0.39 is 21.9 Å². The lowest BCUT2D eigenvalue weighted by molar-refractivity contribution is -0.117. The number of carbonyl (C=O) groups excluding carboxylic acids is 2. The van der Waals surface area contributed by atoms with E-state index in [9.17, 15) is 18.0 Å². The zero-order chi connectivity index (χ0) is 26.6. The number of furan rings is 1. The van der Waals surface area contributed by atoms with Crippen molar-refractivity contribution < 1.29 is 31.9 Å². The Balaban J connectivity index is 1.92. The number of sulfonamides is 1. The molecule has 37 heavy (non-hydrogen) atoms. The molecule has 8 nitrogen and oxygen atoms in total. The van der Waals surface area contributed by atoms with Gasteiger partial charge in [0.25, 0.3) is 10.0 Å². The lowest BCUT2D eigenvalue weighted by Gasteiger charge is -2.23. The van der Waals surface area contributed by atoms with Crippen LogP contribution in [-0.4, -0.2) is 34.0 Å². The first-order valence-corrected chi connectivity index (χ1v) is 13.3. The molecule has 0 saturated carbocycles. The molecule has 0 atom stereocenters. The smallest absolute Gasteiger partial charge is 0.342 e. The third-order valence-corrected chi connectivity index (χ3v) is 7.47. The van der Waals surface area contributed by atoms with Gasteiger partial charge in [0, 0.05) is 17.4 Å². The van der Waals surface area contributed by atoms with Crippen molar-refractivity contribution in [3.63, 3.8) is 0 Å². The maximum absolute atomic E-state index is 13.7. The molecule has 0 saturated heterocycles. The Kier molecular flexibility index (Phi) is 7.63. The summed E-state index contributed by atoms with van der Waals surface area (Å²) in [6.45, 7) is 3.63. The zero-order valence-corrected chi connectivity index (χ0v) is 21.6. The maximum Gasteiger partial charge on any atom is 0.342 e. The minimum absolute atomic E-state index is 0.0127. The van der Waals surface area contributed by atoms with Crippen LogP contribution in [0.3, 0.4) is 0 Å². The second-order valence-corrected chi connectivity index (χ2v) is 9.95. The Hall–Kier alpha value is -4.11. The maximum atomic E-state index is 13.7. The van der Waals surface area contributed by atoms with Gasteiger partial charge in [-0.15, -0.1) is 0 Å². The predicted molar refractivity (Wildman–Crippen MR) is 140 cm³/mol. The summed E-state index contributed by atoms with van der Waals surface area (Å²) in [7, 11) is -2.80. The van der Waals surface area contributed by atoms with Gasteiger partial charge in [-0.25, -0.2) is 17.5 Å². The monoisotopic (exact) mass is 521 g/mol. The molecule has 1 heterocycles. The van der Waals surface area contributed by atoms with Crippen LogP contribution in [0.25, 0.3) is 22.3 Å². The first-order valence-electron chi connectivity index (χ1n) is 11.8. The van der Waals surface area contributed by atoms with Crippen molar-refractivity contribution in [3.05, 3.63) is 78.4 Å². The second-order valence-electron chi connectivity index (χ2n) is 8.16. The number of anilines is 1. The minimum atomic E-state index is -4.28. The number of rotatable bonds is 9. The van der Waals surface area contributed by atoms with Crippen molar-refractivity contribution in [2.24, 2.45) is 0 Å². The van der Waals surface area contributed by atoms with Gasteiger partial charge in [0.1, 0.15) is 22.7 Å². The Morgan fingerprint density at radius 1 is 0.946 bits per heavy atom. The predicted octanol–water partition coefficient (Wildman–Crippen LogP) is 5.81.